The summed E-state index contributed by atoms with van der Waals surface area (Å²) in [6, 6.07) is 7.44. The molecule has 1 aromatic carbocycles. The van der Waals surface area contributed by atoms with E-state index in [4.69, 9.17) is 4.74 Å². The molecule has 0 aromatic heterocycles. The molecule has 1 fully saturated rings. The first-order valence-electron chi connectivity index (χ1n) is 7.25. The molecule has 0 radical (unpaired) electrons. The molecule has 0 aliphatic carbocycles. The molecule has 2 rings (SSSR count). The van der Waals surface area contributed by atoms with E-state index in [1.54, 1.807) is 38.3 Å². The van der Waals surface area contributed by atoms with Gasteiger partial charge in [0, 0.05) is 31.6 Å². The van der Waals surface area contributed by atoms with E-state index in [-0.39, 0.29) is 17.7 Å². The molecule has 0 atom stereocenters. The molecule has 1 heterocycles. The van der Waals surface area contributed by atoms with Crippen molar-refractivity contribution >= 4 is 11.7 Å². The van der Waals surface area contributed by atoms with Crippen molar-refractivity contribution in [2.45, 2.75) is 25.8 Å². The van der Waals surface area contributed by atoms with E-state index in [9.17, 15) is 9.59 Å². The molecule has 114 valence electrons. The zero-order valence-corrected chi connectivity index (χ0v) is 12.6. The predicted octanol–water partition coefficient (Wildman–Crippen LogP) is 1.48. The SMILES string of the molecule is COc1ccc(C(=O)CN2CCC(NC(C)=O)CC2)cc1. The second-order valence-electron chi connectivity index (χ2n) is 5.40. The zero-order chi connectivity index (χ0) is 15.2. The number of benzene rings is 1. The van der Waals surface area contributed by atoms with Crippen LogP contribution in [0.1, 0.15) is 30.1 Å². The second kappa shape index (κ2) is 7.22. The highest BCUT2D eigenvalue weighted by atomic mass is 16.5. The molecular formula is C16H22N2O3. The first kappa shape index (κ1) is 15.5. The molecule has 1 aliphatic rings. The van der Waals surface area contributed by atoms with E-state index in [1.165, 1.54) is 0 Å². The van der Waals surface area contributed by atoms with Crippen molar-refractivity contribution in [2.24, 2.45) is 0 Å². The first-order valence-corrected chi connectivity index (χ1v) is 7.25. The van der Waals surface area contributed by atoms with Crippen LogP contribution in [0.5, 0.6) is 5.75 Å². The Morgan fingerprint density at radius 1 is 1.24 bits per heavy atom. The normalized spacial score (nSPS) is 16.5. The van der Waals surface area contributed by atoms with Gasteiger partial charge < -0.3 is 10.1 Å². The summed E-state index contributed by atoms with van der Waals surface area (Å²) in [6.45, 7) is 3.65. The fraction of sp³-hybridized carbons (Fsp3) is 0.500. The van der Waals surface area contributed by atoms with Crippen molar-refractivity contribution in [3.05, 3.63) is 29.8 Å². The predicted molar refractivity (Wildman–Crippen MR) is 80.6 cm³/mol. The number of methoxy groups -OCH3 is 1. The fourth-order valence-corrected chi connectivity index (χ4v) is 2.59. The van der Waals surface area contributed by atoms with Gasteiger partial charge in [0.2, 0.25) is 5.91 Å². The van der Waals surface area contributed by atoms with E-state index in [0.717, 1.165) is 31.7 Å². The van der Waals surface area contributed by atoms with Gasteiger partial charge in [-0.25, -0.2) is 0 Å². The summed E-state index contributed by atoms with van der Waals surface area (Å²) in [5.41, 5.74) is 0.708. The second-order valence-corrected chi connectivity index (χ2v) is 5.40. The minimum absolute atomic E-state index is 0.0164. The quantitative estimate of drug-likeness (QED) is 0.835. The number of carbonyl (C=O) groups is 2. The number of rotatable bonds is 5. The number of nitrogens with one attached hydrogen (secondary N) is 1. The molecule has 21 heavy (non-hydrogen) atoms. The monoisotopic (exact) mass is 290 g/mol. The average Bonchev–Trinajstić information content (AvgIpc) is 2.49. The molecular weight excluding hydrogens is 268 g/mol. The van der Waals surface area contributed by atoms with Gasteiger partial charge in [0.25, 0.3) is 0 Å². The summed E-state index contributed by atoms with van der Waals surface area (Å²) in [4.78, 5) is 25.4. The lowest BCUT2D eigenvalue weighted by molar-refractivity contribution is -0.119. The van der Waals surface area contributed by atoms with Crippen molar-refractivity contribution in [3.63, 3.8) is 0 Å². The number of hydrogen-bond acceptors (Lipinski definition) is 4. The number of piperidine rings is 1. The van der Waals surface area contributed by atoms with Crippen molar-refractivity contribution in [1.29, 1.82) is 0 Å². The molecule has 0 spiro atoms. The smallest absolute Gasteiger partial charge is 0.217 e. The number of Topliss-reactive ketones (excluding diaryl/α,β-unsaturated/α-hetero) is 1. The summed E-state index contributed by atoms with van der Waals surface area (Å²) in [5, 5.41) is 2.94. The maximum atomic E-state index is 12.2. The van der Waals surface area contributed by atoms with E-state index in [2.05, 4.69) is 10.2 Å². The van der Waals surface area contributed by atoms with Crippen LogP contribution >= 0.6 is 0 Å². The molecule has 1 amide bonds. The van der Waals surface area contributed by atoms with Crippen molar-refractivity contribution in [2.75, 3.05) is 26.7 Å². The van der Waals surface area contributed by atoms with Crippen LogP contribution in [0.25, 0.3) is 0 Å². The summed E-state index contributed by atoms with van der Waals surface area (Å²) in [7, 11) is 1.61. The number of carbonyl (C=O) groups excluding carboxylic acids is 2. The van der Waals surface area contributed by atoms with Gasteiger partial charge in [-0.2, -0.15) is 0 Å². The van der Waals surface area contributed by atoms with Crippen LogP contribution in [0, 0.1) is 0 Å². The fourth-order valence-electron chi connectivity index (χ4n) is 2.59. The Hall–Kier alpha value is -1.88. The standard InChI is InChI=1S/C16H22N2O3/c1-12(19)17-14-7-9-18(10-8-14)11-16(20)13-3-5-15(21-2)6-4-13/h3-6,14H,7-11H2,1-2H3,(H,17,19). The Morgan fingerprint density at radius 2 is 1.86 bits per heavy atom. The lowest BCUT2D eigenvalue weighted by Gasteiger charge is -2.31. The Balaban J connectivity index is 1.82. The highest BCUT2D eigenvalue weighted by Gasteiger charge is 2.21. The third kappa shape index (κ3) is 4.56. The summed E-state index contributed by atoms with van der Waals surface area (Å²) in [5.74, 6) is 0.890. The van der Waals surface area contributed by atoms with Crippen molar-refractivity contribution in [1.82, 2.24) is 10.2 Å². The van der Waals surface area contributed by atoms with E-state index in [1.807, 2.05) is 0 Å². The van der Waals surface area contributed by atoms with Crippen molar-refractivity contribution in [3.8, 4) is 5.75 Å². The number of nitrogens with zero attached hydrogens (tertiary/aromatic N) is 1. The van der Waals surface area contributed by atoms with Crippen LogP contribution in [0.4, 0.5) is 0 Å². The third-order valence-corrected chi connectivity index (χ3v) is 3.77. The van der Waals surface area contributed by atoms with Crippen LogP contribution in [0.3, 0.4) is 0 Å². The lowest BCUT2D eigenvalue weighted by Crippen LogP contribution is -2.45. The lowest BCUT2D eigenvalue weighted by atomic mass is 10.0. The Morgan fingerprint density at radius 3 is 2.38 bits per heavy atom. The number of hydrogen-bond donors (Lipinski definition) is 1. The molecule has 1 saturated heterocycles. The highest BCUT2D eigenvalue weighted by molar-refractivity contribution is 5.97. The van der Waals surface area contributed by atoms with Gasteiger partial charge in [-0.05, 0) is 37.1 Å². The molecule has 0 bridgehead atoms. The minimum Gasteiger partial charge on any atom is -0.497 e. The Bertz CT molecular complexity index is 491. The van der Waals surface area contributed by atoms with Crippen LogP contribution in [0.2, 0.25) is 0 Å². The first-order chi connectivity index (χ1) is 10.1. The zero-order valence-electron chi connectivity index (χ0n) is 12.6. The third-order valence-electron chi connectivity index (χ3n) is 3.77. The Kier molecular flexibility index (Phi) is 5.33. The summed E-state index contributed by atoms with van der Waals surface area (Å²) in [6.07, 6.45) is 1.80. The minimum atomic E-state index is 0.0164. The number of amides is 1. The van der Waals surface area contributed by atoms with E-state index >= 15 is 0 Å². The van der Waals surface area contributed by atoms with Crippen LogP contribution in [-0.4, -0.2) is 49.4 Å². The molecule has 1 aliphatic heterocycles. The van der Waals surface area contributed by atoms with E-state index in [0.29, 0.717) is 12.1 Å². The molecule has 0 saturated carbocycles. The van der Waals surface area contributed by atoms with Gasteiger partial charge in [0.05, 0.1) is 13.7 Å². The van der Waals surface area contributed by atoms with Gasteiger partial charge in [-0.15, -0.1) is 0 Å². The van der Waals surface area contributed by atoms with Crippen molar-refractivity contribution < 1.29 is 14.3 Å². The van der Waals surface area contributed by atoms with Gasteiger partial charge in [0.1, 0.15) is 5.75 Å². The molecule has 1 N–H and O–H groups in total. The van der Waals surface area contributed by atoms with Crippen LogP contribution < -0.4 is 10.1 Å². The van der Waals surface area contributed by atoms with Gasteiger partial charge in [-0.1, -0.05) is 0 Å². The highest BCUT2D eigenvalue weighted by Crippen LogP contribution is 2.14. The molecule has 5 nitrogen and oxygen atoms in total. The van der Waals surface area contributed by atoms with Gasteiger partial charge >= 0.3 is 0 Å². The summed E-state index contributed by atoms with van der Waals surface area (Å²) >= 11 is 0. The van der Waals surface area contributed by atoms with Crippen LogP contribution in [-0.2, 0) is 4.79 Å². The topological polar surface area (TPSA) is 58.6 Å². The molecule has 0 unspecified atom stereocenters. The molecule has 5 heteroatoms. The maximum Gasteiger partial charge on any atom is 0.217 e. The number of ether oxygens (including phenoxy) is 1. The Labute approximate surface area is 125 Å². The molecule has 1 aromatic rings. The largest absolute Gasteiger partial charge is 0.497 e. The van der Waals surface area contributed by atoms with Crippen LogP contribution in [0.15, 0.2) is 24.3 Å². The number of likely N-dealkylation sites (tertiary alicyclic amines) is 1. The van der Waals surface area contributed by atoms with Gasteiger partial charge in [-0.3, -0.25) is 14.5 Å². The number of ketones is 1. The maximum absolute atomic E-state index is 12.2. The van der Waals surface area contributed by atoms with Gasteiger partial charge in [0.15, 0.2) is 5.78 Å². The van der Waals surface area contributed by atoms with E-state index < -0.39 is 0 Å². The average molecular weight is 290 g/mol. The summed E-state index contributed by atoms with van der Waals surface area (Å²) < 4.78 is 5.09.